The normalized spacial score (nSPS) is 21.9. The van der Waals surface area contributed by atoms with Gasteiger partial charge in [-0.3, -0.25) is 4.79 Å². The fraction of sp³-hybridized carbons (Fsp3) is 0.857. The minimum absolute atomic E-state index is 0.00554. The second-order valence-electron chi connectivity index (χ2n) is 5.38. The molecule has 20 heavy (non-hydrogen) atoms. The van der Waals surface area contributed by atoms with Crippen LogP contribution in [0.25, 0.3) is 0 Å². The molecule has 0 heterocycles. The van der Waals surface area contributed by atoms with Crippen molar-refractivity contribution in [2.45, 2.75) is 45.6 Å². The molecule has 1 saturated carbocycles. The number of aliphatic carboxylic acids is 1. The molecule has 2 amide bonds. The first kappa shape index (κ1) is 16.8. The Labute approximate surface area is 120 Å². The average molecular weight is 285 g/mol. The number of rotatable bonds is 8. The Morgan fingerprint density at radius 3 is 2.55 bits per heavy atom. The van der Waals surface area contributed by atoms with Crippen LogP contribution in [0.4, 0.5) is 4.79 Å². The third kappa shape index (κ3) is 5.77. The first-order chi connectivity index (χ1) is 9.56. The van der Waals surface area contributed by atoms with Gasteiger partial charge in [0.05, 0.1) is 5.92 Å². The van der Waals surface area contributed by atoms with Crippen molar-refractivity contribution in [1.29, 1.82) is 0 Å². The van der Waals surface area contributed by atoms with Crippen molar-refractivity contribution in [3.8, 4) is 0 Å². The SMILES string of the molecule is CCCN(CC)CCNC(=O)NC1CCC(C(=O)O)C1. The van der Waals surface area contributed by atoms with Crippen molar-refractivity contribution in [2.24, 2.45) is 5.92 Å². The van der Waals surface area contributed by atoms with Gasteiger partial charge in [-0.25, -0.2) is 4.79 Å². The van der Waals surface area contributed by atoms with E-state index in [9.17, 15) is 9.59 Å². The van der Waals surface area contributed by atoms with E-state index < -0.39 is 5.97 Å². The number of amides is 2. The molecule has 1 fully saturated rings. The van der Waals surface area contributed by atoms with Crippen LogP contribution in [-0.2, 0) is 4.79 Å². The molecule has 0 radical (unpaired) electrons. The quantitative estimate of drug-likeness (QED) is 0.627. The lowest BCUT2D eigenvalue weighted by atomic mass is 10.1. The van der Waals surface area contributed by atoms with Gasteiger partial charge in [0.15, 0.2) is 0 Å². The molecule has 1 rings (SSSR count). The predicted octanol–water partition coefficient (Wildman–Crippen LogP) is 1.27. The summed E-state index contributed by atoms with van der Waals surface area (Å²) in [4.78, 5) is 24.8. The summed E-state index contributed by atoms with van der Waals surface area (Å²) in [5.74, 6) is -1.06. The Kier molecular flexibility index (Phi) is 7.36. The van der Waals surface area contributed by atoms with Crippen molar-refractivity contribution in [1.82, 2.24) is 15.5 Å². The van der Waals surface area contributed by atoms with Crippen LogP contribution in [0.15, 0.2) is 0 Å². The molecule has 0 bridgehead atoms. The van der Waals surface area contributed by atoms with Gasteiger partial charge >= 0.3 is 12.0 Å². The fourth-order valence-electron chi connectivity index (χ4n) is 2.65. The number of hydrogen-bond donors (Lipinski definition) is 3. The monoisotopic (exact) mass is 285 g/mol. The molecule has 3 N–H and O–H groups in total. The number of likely N-dealkylation sites (N-methyl/N-ethyl adjacent to an activating group) is 1. The third-order valence-electron chi connectivity index (χ3n) is 3.82. The van der Waals surface area contributed by atoms with Crippen LogP contribution in [-0.4, -0.2) is 54.2 Å². The lowest BCUT2D eigenvalue weighted by Crippen LogP contribution is -2.44. The number of carbonyl (C=O) groups is 2. The fourth-order valence-corrected chi connectivity index (χ4v) is 2.65. The summed E-state index contributed by atoms with van der Waals surface area (Å²) in [7, 11) is 0. The Morgan fingerprint density at radius 2 is 2.00 bits per heavy atom. The topological polar surface area (TPSA) is 81.7 Å². The third-order valence-corrected chi connectivity index (χ3v) is 3.82. The highest BCUT2D eigenvalue weighted by atomic mass is 16.4. The van der Waals surface area contributed by atoms with Crippen LogP contribution in [0.5, 0.6) is 0 Å². The molecule has 0 aromatic carbocycles. The first-order valence-corrected chi connectivity index (χ1v) is 7.56. The number of hydrogen-bond acceptors (Lipinski definition) is 3. The van der Waals surface area contributed by atoms with Crippen molar-refractivity contribution < 1.29 is 14.7 Å². The average Bonchev–Trinajstić information content (AvgIpc) is 2.86. The van der Waals surface area contributed by atoms with Crippen LogP contribution >= 0.6 is 0 Å². The predicted molar refractivity (Wildman–Crippen MR) is 77.7 cm³/mol. The Bertz CT molecular complexity index is 323. The standard InChI is InChI=1S/C14H27N3O3/c1-3-8-17(4-2)9-7-15-14(20)16-12-6-5-11(10-12)13(18)19/h11-12H,3-10H2,1-2H3,(H,18,19)(H2,15,16,20). The van der Waals surface area contributed by atoms with Crippen molar-refractivity contribution in [3.63, 3.8) is 0 Å². The number of carboxylic acids is 1. The smallest absolute Gasteiger partial charge is 0.315 e. The van der Waals surface area contributed by atoms with Gasteiger partial charge in [0.1, 0.15) is 0 Å². The maximum atomic E-state index is 11.7. The lowest BCUT2D eigenvalue weighted by molar-refractivity contribution is -0.141. The van der Waals surface area contributed by atoms with Crippen LogP contribution in [0.2, 0.25) is 0 Å². The minimum Gasteiger partial charge on any atom is -0.481 e. The van der Waals surface area contributed by atoms with E-state index in [1.54, 1.807) is 0 Å². The molecule has 0 spiro atoms. The van der Waals surface area contributed by atoms with Gasteiger partial charge in [-0.1, -0.05) is 13.8 Å². The number of nitrogens with zero attached hydrogens (tertiary/aromatic N) is 1. The van der Waals surface area contributed by atoms with E-state index in [1.165, 1.54) is 0 Å². The van der Waals surface area contributed by atoms with Crippen LogP contribution in [0.3, 0.4) is 0 Å². The molecular weight excluding hydrogens is 258 g/mol. The molecule has 0 aliphatic heterocycles. The van der Waals surface area contributed by atoms with Gasteiger partial charge < -0.3 is 20.6 Å². The number of carboxylic acid groups (broad SMARTS) is 1. The van der Waals surface area contributed by atoms with Crippen molar-refractivity contribution >= 4 is 12.0 Å². The molecule has 1 aliphatic carbocycles. The zero-order valence-electron chi connectivity index (χ0n) is 12.5. The zero-order valence-corrected chi connectivity index (χ0v) is 12.5. The molecule has 2 atom stereocenters. The van der Waals surface area contributed by atoms with E-state index >= 15 is 0 Å². The van der Waals surface area contributed by atoms with E-state index in [0.717, 1.165) is 32.5 Å². The number of carbonyl (C=O) groups excluding carboxylic acids is 1. The molecule has 2 unspecified atom stereocenters. The molecule has 1 aliphatic rings. The van der Waals surface area contributed by atoms with Crippen molar-refractivity contribution in [3.05, 3.63) is 0 Å². The van der Waals surface area contributed by atoms with Gasteiger partial charge in [0.2, 0.25) is 0 Å². The van der Waals surface area contributed by atoms with Gasteiger partial charge in [0.25, 0.3) is 0 Å². The minimum atomic E-state index is -0.757. The summed E-state index contributed by atoms with van der Waals surface area (Å²) < 4.78 is 0. The molecule has 0 aromatic rings. The summed E-state index contributed by atoms with van der Waals surface area (Å²) in [5, 5.41) is 14.6. The second-order valence-corrected chi connectivity index (χ2v) is 5.38. The summed E-state index contributed by atoms with van der Waals surface area (Å²) in [5.41, 5.74) is 0. The van der Waals surface area contributed by atoms with E-state index in [4.69, 9.17) is 5.11 Å². The summed E-state index contributed by atoms with van der Waals surface area (Å²) >= 11 is 0. The lowest BCUT2D eigenvalue weighted by Gasteiger charge is -2.20. The van der Waals surface area contributed by atoms with Crippen LogP contribution in [0, 0.1) is 5.92 Å². The summed E-state index contributed by atoms with van der Waals surface area (Å²) in [6.07, 6.45) is 3.06. The Balaban J connectivity index is 2.16. The van der Waals surface area contributed by atoms with E-state index in [-0.39, 0.29) is 18.0 Å². The maximum Gasteiger partial charge on any atom is 0.315 e. The number of urea groups is 1. The van der Waals surface area contributed by atoms with E-state index in [1.807, 2.05) is 0 Å². The highest BCUT2D eigenvalue weighted by Crippen LogP contribution is 2.25. The van der Waals surface area contributed by atoms with Crippen LogP contribution in [0.1, 0.15) is 39.5 Å². The molecule has 0 aromatic heterocycles. The Hall–Kier alpha value is -1.30. The highest BCUT2D eigenvalue weighted by molar-refractivity contribution is 5.75. The molecule has 116 valence electrons. The van der Waals surface area contributed by atoms with E-state index in [2.05, 4.69) is 29.4 Å². The molecule has 6 heteroatoms. The van der Waals surface area contributed by atoms with Gasteiger partial charge in [-0.15, -0.1) is 0 Å². The Morgan fingerprint density at radius 1 is 1.25 bits per heavy atom. The molecular formula is C14H27N3O3. The van der Waals surface area contributed by atoms with Gasteiger partial charge in [-0.2, -0.15) is 0 Å². The second kappa shape index (κ2) is 8.79. The van der Waals surface area contributed by atoms with E-state index in [0.29, 0.717) is 19.4 Å². The zero-order chi connectivity index (χ0) is 15.0. The van der Waals surface area contributed by atoms with Crippen molar-refractivity contribution in [2.75, 3.05) is 26.2 Å². The molecule has 6 nitrogen and oxygen atoms in total. The maximum absolute atomic E-state index is 11.7. The molecule has 0 saturated heterocycles. The van der Waals surface area contributed by atoms with Crippen LogP contribution < -0.4 is 10.6 Å². The first-order valence-electron chi connectivity index (χ1n) is 7.56. The largest absolute Gasteiger partial charge is 0.481 e. The summed E-state index contributed by atoms with van der Waals surface area (Å²) in [6, 6.07) is -0.192. The van der Waals surface area contributed by atoms with Gasteiger partial charge in [0, 0.05) is 19.1 Å². The highest BCUT2D eigenvalue weighted by Gasteiger charge is 2.30. The number of nitrogens with one attached hydrogen (secondary N) is 2. The summed E-state index contributed by atoms with van der Waals surface area (Å²) in [6.45, 7) is 7.75. The van der Waals surface area contributed by atoms with Gasteiger partial charge in [-0.05, 0) is 38.8 Å².